The van der Waals surface area contributed by atoms with E-state index in [0.717, 1.165) is 36.6 Å². The lowest BCUT2D eigenvalue weighted by Gasteiger charge is -2.38. The summed E-state index contributed by atoms with van der Waals surface area (Å²) in [4.78, 5) is 11.3. The zero-order valence-corrected chi connectivity index (χ0v) is 15.9. The topological polar surface area (TPSA) is 68.1 Å². The second-order valence-electron chi connectivity index (χ2n) is 6.99. The first-order valence-electron chi connectivity index (χ1n) is 9.04. The van der Waals surface area contributed by atoms with Gasteiger partial charge in [-0.3, -0.25) is 9.58 Å². The number of methoxy groups -OCH3 is 1. The Hall–Kier alpha value is -2.77. The number of aryl methyl sites for hydroxylation is 2. The lowest BCUT2D eigenvalue weighted by atomic mass is 10.0. The molecule has 0 amide bonds. The number of nitrogens with one attached hydrogen (secondary N) is 1. The minimum Gasteiger partial charge on any atom is -0.379 e. The second kappa shape index (κ2) is 7.46. The standard InChI is InChI=1S/C20H24N6O/c1-14-8-15(4-5-16(14)10-26-12-18(13-26)27-3)19-6-7-21-20(24-19)23-17-9-22-25(2)11-17/h4-9,11,18H,10,12-13H2,1-3H3,(H,21,23,24). The van der Waals surface area contributed by atoms with Crippen molar-refractivity contribution in [3.8, 4) is 11.3 Å². The van der Waals surface area contributed by atoms with Gasteiger partial charge < -0.3 is 10.1 Å². The highest BCUT2D eigenvalue weighted by atomic mass is 16.5. The minimum absolute atomic E-state index is 0.385. The van der Waals surface area contributed by atoms with Crippen LogP contribution in [0.4, 0.5) is 11.6 Å². The molecule has 140 valence electrons. The van der Waals surface area contributed by atoms with Crippen LogP contribution in [0.25, 0.3) is 11.3 Å². The van der Waals surface area contributed by atoms with E-state index in [1.54, 1.807) is 24.2 Å². The average Bonchev–Trinajstić information content (AvgIpc) is 3.04. The molecule has 0 unspecified atom stereocenters. The Kier molecular flexibility index (Phi) is 4.87. The van der Waals surface area contributed by atoms with Gasteiger partial charge in [0.1, 0.15) is 0 Å². The highest BCUT2D eigenvalue weighted by Gasteiger charge is 2.26. The summed E-state index contributed by atoms with van der Waals surface area (Å²) in [5.74, 6) is 0.563. The normalized spacial score (nSPS) is 14.9. The maximum atomic E-state index is 5.35. The molecule has 3 heterocycles. The molecule has 1 fully saturated rings. The third kappa shape index (κ3) is 3.99. The monoisotopic (exact) mass is 364 g/mol. The summed E-state index contributed by atoms with van der Waals surface area (Å²) in [7, 11) is 3.66. The third-order valence-corrected chi connectivity index (χ3v) is 4.91. The molecule has 0 saturated carbocycles. The molecule has 2 aromatic heterocycles. The maximum Gasteiger partial charge on any atom is 0.227 e. The molecule has 7 heteroatoms. The Balaban J connectivity index is 1.48. The van der Waals surface area contributed by atoms with Crippen molar-refractivity contribution >= 4 is 11.6 Å². The Labute approximate surface area is 159 Å². The minimum atomic E-state index is 0.385. The Bertz CT molecular complexity index is 932. The Morgan fingerprint density at radius 1 is 1.26 bits per heavy atom. The van der Waals surface area contributed by atoms with Crippen LogP contribution in [0.15, 0.2) is 42.9 Å². The van der Waals surface area contributed by atoms with Crippen LogP contribution >= 0.6 is 0 Å². The summed E-state index contributed by atoms with van der Waals surface area (Å²) in [5, 5.41) is 7.33. The number of hydrogen-bond donors (Lipinski definition) is 1. The van der Waals surface area contributed by atoms with Crippen molar-refractivity contribution < 1.29 is 4.74 Å². The molecule has 0 radical (unpaired) electrons. The van der Waals surface area contributed by atoms with E-state index in [0.29, 0.717) is 12.1 Å². The van der Waals surface area contributed by atoms with Gasteiger partial charge in [0.05, 0.1) is 23.7 Å². The first-order chi connectivity index (χ1) is 13.1. The van der Waals surface area contributed by atoms with Gasteiger partial charge in [0.15, 0.2) is 0 Å². The quantitative estimate of drug-likeness (QED) is 0.725. The van der Waals surface area contributed by atoms with Crippen molar-refractivity contribution in [3.63, 3.8) is 0 Å². The zero-order chi connectivity index (χ0) is 18.8. The smallest absolute Gasteiger partial charge is 0.227 e. The molecule has 1 aromatic carbocycles. The van der Waals surface area contributed by atoms with E-state index in [1.807, 2.05) is 19.3 Å². The van der Waals surface area contributed by atoms with Gasteiger partial charge >= 0.3 is 0 Å². The molecule has 1 N–H and O–H groups in total. The van der Waals surface area contributed by atoms with Crippen LogP contribution in [0.3, 0.4) is 0 Å². The van der Waals surface area contributed by atoms with Crippen molar-refractivity contribution in [1.82, 2.24) is 24.6 Å². The van der Waals surface area contributed by atoms with Crippen LogP contribution in [0.5, 0.6) is 0 Å². The van der Waals surface area contributed by atoms with E-state index in [-0.39, 0.29) is 0 Å². The number of anilines is 2. The summed E-state index contributed by atoms with van der Waals surface area (Å²) in [5.41, 5.74) is 5.47. The Morgan fingerprint density at radius 3 is 2.81 bits per heavy atom. The van der Waals surface area contributed by atoms with Crippen molar-refractivity contribution in [3.05, 3.63) is 54.0 Å². The summed E-state index contributed by atoms with van der Waals surface area (Å²) in [6.07, 6.45) is 5.80. The fourth-order valence-corrected chi connectivity index (χ4v) is 3.27. The van der Waals surface area contributed by atoms with Crippen LogP contribution in [0.2, 0.25) is 0 Å². The van der Waals surface area contributed by atoms with Crippen LogP contribution in [0.1, 0.15) is 11.1 Å². The lowest BCUT2D eigenvalue weighted by Crippen LogP contribution is -2.50. The largest absolute Gasteiger partial charge is 0.379 e. The van der Waals surface area contributed by atoms with Crippen LogP contribution in [0, 0.1) is 6.92 Å². The summed E-state index contributed by atoms with van der Waals surface area (Å²) in [6.45, 7) is 5.13. The van der Waals surface area contributed by atoms with E-state index < -0.39 is 0 Å². The first kappa shape index (κ1) is 17.6. The van der Waals surface area contributed by atoms with Gasteiger partial charge in [-0.2, -0.15) is 5.10 Å². The molecule has 7 nitrogen and oxygen atoms in total. The zero-order valence-electron chi connectivity index (χ0n) is 15.9. The van der Waals surface area contributed by atoms with Crippen molar-refractivity contribution in [2.24, 2.45) is 7.05 Å². The molecule has 0 bridgehead atoms. The SMILES string of the molecule is COC1CN(Cc2ccc(-c3ccnc(Nc4cnn(C)c4)n3)cc2C)C1. The summed E-state index contributed by atoms with van der Waals surface area (Å²) >= 11 is 0. The number of nitrogens with zero attached hydrogens (tertiary/aromatic N) is 5. The fraction of sp³-hybridized carbons (Fsp3) is 0.350. The number of ether oxygens (including phenoxy) is 1. The van der Waals surface area contributed by atoms with Crippen LogP contribution in [-0.2, 0) is 18.3 Å². The van der Waals surface area contributed by atoms with E-state index >= 15 is 0 Å². The molecule has 1 saturated heterocycles. The molecule has 3 aromatic rings. The van der Waals surface area contributed by atoms with Gasteiger partial charge in [0.25, 0.3) is 0 Å². The van der Waals surface area contributed by atoms with Gasteiger partial charge in [0, 0.05) is 51.7 Å². The molecular weight excluding hydrogens is 340 g/mol. The predicted octanol–water partition coefficient (Wildman–Crippen LogP) is 2.76. The lowest BCUT2D eigenvalue weighted by molar-refractivity contribution is -0.0334. The average molecular weight is 364 g/mol. The maximum absolute atomic E-state index is 5.35. The van der Waals surface area contributed by atoms with E-state index in [1.165, 1.54) is 11.1 Å². The number of aromatic nitrogens is 4. The highest BCUT2D eigenvalue weighted by Crippen LogP contribution is 2.24. The Morgan fingerprint density at radius 2 is 2.11 bits per heavy atom. The molecule has 0 atom stereocenters. The molecule has 4 rings (SSSR count). The highest BCUT2D eigenvalue weighted by molar-refractivity contribution is 5.63. The predicted molar refractivity (Wildman–Crippen MR) is 105 cm³/mol. The number of hydrogen-bond acceptors (Lipinski definition) is 6. The van der Waals surface area contributed by atoms with Crippen molar-refractivity contribution in [2.75, 3.05) is 25.5 Å². The molecule has 0 aliphatic carbocycles. The van der Waals surface area contributed by atoms with Gasteiger partial charge in [-0.15, -0.1) is 0 Å². The van der Waals surface area contributed by atoms with Gasteiger partial charge in [-0.05, 0) is 30.2 Å². The molecule has 0 spiro atoms. The van der Waals surface area contributed by atoms with Gasteiger partial charge in [0.2, 0.25) is 5.95 Å². The summed E-state index contributed by atoms with van der Waals surface area (Å²) < 4.78 is 7.09. The first-order valence-corrected chi connectivity index (χ1v) is 9.04. The molecule has 27 heavy (non-hydrogen) atoms. The van der Waals surface area contributed by atoms with E-state index in [4.69, 9.17) is 4.74 Å². The van der Waals surface area contributed by atoms with E-state index in [2.05, 4.69) is 50.4 Å². The van der Waals surface area contributed by atoms with E-state index in [9.17, 15) is 0 Å². The van der Waals surface area contributed by atoms with Gasteiger partial charge in [-0.1, -0.05) is 12.1 Å². The van der Waals surface area contributed by atoms with Gasteiger partial charge in [-0.25, -0.2) is 9.97 Å². The molecular formula is C20H24N6O. The number of likely N-dealkylation sites (tertiary alicyclic amines) is 1. The molecule has 1 aliphatic rings. The fourth-order valence-electron chi connectivity index (χ4n) is 3.27. The summed E-state index contributed by atoms with van der Waals surface area (Å²) in [6, 6.07) is 8.45. The molecule has 1 aliphatic heterocycles. The number of rotatable bonds is 6. The second-order valence-corrected chi connectivity index (χ2v) is 6.99. The van der Waals surface area contributed by atoms with Crippen molar-refractivity contribution in [2.45, 2.75) is 19.6 Å². The third-order valence-electron chi connectivity index (χ3n) is 4.91. The van der Waals surface area contributed by atoms with Crippen LogP contribution < -0.4 is 5.32 Å². The number of benzene rings is 1. The van der Waals surface area contributed by atoms with Crippen molar-refractivity contribution in [1.29, 1.82) is 0 Å². The van der Waals surface area contributed by atoms with Crippen LogP contribution in [-0.4, -0.2) is 51.0 Å².